The lowest BCUT2D eigenvalue weighted by molar-refractivity contribution is 0.604. The molecule has 0 spiro atoms. The number of pyridine rings is 1. The van der Waals surface area contributed by atoms with Gasteiger partial charge in [-0.1, -0.05) is 0 Å². The molecule has 0 aromatic carbocycles. The monoisotopic (exact) mass is 297 g/mol. The quantitative estimate of drug-likeness (QED) is 0.734. The van der Waals surface area contributed by atoms with E-state index in [9.17, 15) is 9.18 Å². The van der Waals surface area contributed by atoms with Gasteiger partial charge in [0.25, 0.3) is 5.56 Å². The Morgan fingerprint density at radius 2 is 1.91 bits per heavy atom. The first-order valence-electron chi connectivity index (χ1n) is 6.58. The first-order valence-corrected chi connectivity index (χ1v) is 6.58. The molecule has 7 heteroatoms. The maximum Gasteiger partial charge on any atom is 0.267 e. The largest absolute Gasteiger partial charge is 0.268 e. The maximum atomic E-state index is 13.2. The van der Waals surface area contributed by atoms with Gasteiger partial charge in [-0.15, -0.1) is 0 Å². The van der Waals surface area contributed by atoms with Crippen LogP contribution in [0.25, 0.3) is 11.3 Å². The van der Waals surface area contributed by atoms with Gasteiger partial charge in [-0.05, 0) is 24.6 Å². The first-order chi connectivity index (χ1) is 10.6. The van der Waals surface area contributed by atoms with E-state index >= 15 is 0 Å². The molecule has 22 heavy (non-hydrogen) atoms. The number of aryl methyl sites for hydroxylation is 1. The van der Waals surface area contributed by atoms with Crippen molar-refractivity contribution in [3.63, 3.8) is 0 Å². The molecule has 0 radical (unpaired) electrons. The Morgan fingerprint density at radius 1 is 1.14 bits per heavy atom. The van der Waals surface area contributed by atoms with E-state index in [0.717, 1.165) is 6.20 Å². The fourth-order valence-corrected chi connectivity index (χ4v) is 1.96. The smallest absolute Gasteiger partial charge is 0.267 e. The van der Waals surface area contributed by atoms with Crippen LogP contribution in [0.5, 0.6) is 0 Å². The van der Waals surface area contributed by atoms with Gasteiger partial charge in [0.2, 0.25) is 0 Å². The van der Waals surface area contributed by atoms with Gasteiger partial charge in [-0.2, -0.15) is 5.10 Å². The van der Waals surface area contributed by atoms with E-state index in [1.807, 2.05) is 0 Å². The van der Waals surface area contributed by atoms with Gasteiger partial charge >= 0.3 is 0 Å². The van der Waals surface area contributed by atoms with Crippen molar-refractivity contribution in [1.29, 1.82) is 0 Å². The molecule has 0 atom stereocenters. The van der Waals surface area contributed by atoms with Gasteiger partial charge in [0.05, 0.1) is 18.4 Å². The lowest BCUT2D eigenvalue weighted by Crippen LogP contribution is -2.23. The normalized spacial score (nSPS) is 10.6. The van der Waals surface area contributed by atoms with Crippen molar-refractivity contribution in [1.82, 2.24) is 24.7 Å². The Kier molecular flexibility index (Phi) is 3.69. The van der Waals surface area contributed by atoms with E-state index in [2.05, 4.69) is 20.1 Å². The molecule has 0 N–H and O–H groups in total. The fourth-order valence-electron chi connectivity index (χ4n) is 1.96. The van der Waals surface area contributed by atoms with E-state index in [0.29, 0.717) is 22.6 Å². The number of hydrogen-bond acceptors (Lipinski definition) is 5. The first kappa shape index (κ1) is 14.0. The van der Waals surface area contributed by atoms with E-state index in [1.165, 1.54) is 23.0 Å². The molecule has 0 aliphatic heterocycles. The lowest BCUT2D eigenvalue weighted by atomic mass is 10.2. The second-order valence-electron chi connectivity index (χ2n) is 4.74. The molecule has 110 valence electrons. The van der Waals surface area contributed by atoms with E-state index in [-0.39, 0.29) is 12.1 Å². The second-order valence-corrected chi connectivity index (χ2v) is 4.74. The third-order valence-electron chi connectivity index (χ3n) is 3.04. The molecule has 6 nitrogen and oxygen atoms in total. The molecule has 3 rings (SSSR count). The third kappa shape index (κ3) is 3.03. The summed E-state index contributed by atoms with van der Waals surface area (Å²) in [5, 5.41) is 4.27. The number of halogens is 1. The van der Waals surface area contributed by atoms with Crippen LogP contribution in [-0.2, 0) is 6.54 Å². The summed E-state index contributed by atoms with van der Waals surface area (Å²) < 4.78 is 14.4. The Hall–Kier alpha value is -2.96. The fraction of sp³-hybridized carbons (Fsp3) is 0.133. The standard InChI is InChI=1S/C15H12FN5O/c1-10-18-6-12(7-19-10)14-2-3-15(22)21(20-14)9-11-4-13(16)8-17-5-11/h2-8H,9H2,1H3. The van der Waals surface area contributed by atoms with Gasteiger partial charge < -0.3 is 0 Å². The molecule has 0 fully saturated rings. The zero-order chi connectivity index (χ0) is 15.5. The van der Waals surface area contributed by atoms with Crippen LogP contribution in [0.15, 0.2) is 47.8 Å². The van der Waals surface area contributed by atoms with Gasteiger partial charge in [-0.3, -0.25) is 9.78 Å². The van der Waals surface area contributed by atoms with Crippen LogP contribution in [0.4, 0.5) is 4.39 Å². The molecule has 0 aliphatic rings. The van der Waals surface area contributed by atoms with Gasteiger partial charge in [0, 0.05) is 30.2 Å². The lowest BCUT2D eigenvalue weighted by Gasteiger charge is -2.07. The minimum absolute atomic E-state index is 0.143. The highest BCUT2D eigenvalue weighted by Gasteiger charge is 2.06. The van der Waals surface area contributed by atoms with E-state index in [1.54, 1.807) is 25.4 Å². The average Bonchev–Trinajstić information content (AvgIpc) is 2.50. The topological polar surface area (TPSA) is 73.6 Å². The molecule has 0 amide bonds. The summed E-state index contributed by atoms with van der Waals surface area (Å²) in [5.74, 6) is 0.205. The second kappa shape index (κ2) is 5.80. The number of aromatic nitrogens is 5. The number of hydrogen-bond donors (Lipinski definition) is 0. The SMILES string of the molecule is Cc1ncc(-c2ccc(=O)n(Cc3cncc(F)c3)n2)cn1. The molecule has 0 aliphatic carbocycles. The van der Waals surface area contributed by atoms with Gasteiger partial charge in [0.15, 0.2) is 0 Å². The Morgan fingerprint density at radius 3 is 2.64 bits per heavy atom. The zero-order valence-electron chi connectivity index (χ0n) is 11.8. The Bertz CT molecular complexity index is 860. The molecular formula is C15H12FN5O. The summed E-state index contributed by atoms with van der Waals surface area (Å²) in [6.07, 6.45) is 5.89. The minimum atomic E-state index is -0.450. The van der Waals surface area contributed by atoms with Crippen LogP contribution >= 0.6 is 0 Å². The van der Waals surface area contributed by atoms with Crippen LogP contribution < -0.4 is 5.56 Å². The summed E-state index contributed by atoms with van der Waals surface area (Å²) in [5.41, 5.74) is 1.56. The van der Waals surface area contributed by atoms with Gasteiger partial charge in [0.1, 0.15) is 11.6 Å². The van der Waals surface area contributed by atoms with E-state index < -0.39 is 5.82 Å². The van der Waals surface area contributed by atoms with Crippen molar-refractivity contribution in [2.75, 3.05) is 0 Å². The predicted octanol–water partition coefficient (Wildman–Crippen LogP) is 1.59. The summed E-state index contributed by atoms with van der Waals surface area (Å²) in [6.45, 7) is 1.93. The van der Waals surface area contributed by atoms with Crippen LogP contribution in [-0.4, -0.2) is 24.7 Å². The van der Waals surface area contributed by atoms with Crippen molar-refractivity contribution < 1.29 is 4.39 Å². The Balaban J connectivity index is 1.96. The highest BCUT2D eigenvalue weighted by Crippen LogP contribution is 2.13. The average molecular weight is 297 g/mol. The van der Waals surface area contributed by atoms with Crippen LogP contribution in [0.2, 0.25) is 0 Å². The summed E-state index contributed by atoms with van der Waals surface area (Å²) in [4.78, 5) is 23.9. The van der Waals surface area contributed by atoms with Crippen LogP contribution in [0, 0.1) is 12.7 Å². The predicted molar refractivity (Wildman–Crippen MR) is 77.6 cm³/mol. The van der Waals surface area contributed by atoms with Crippen molar-refractivity contribution in [2.45, 2.75) is 13.5 Å². The molecule has 0 saturated carbocycles. The molecular weight excluding hydrogens is 285 g/mol. The van der Waals surface area contributed by atoms with Crippen LogP contribution in [0.1, 0.15) is 11.4 Å². The maximum absolute atomic E-state index is 13.2. The highest BCUT2D eigenvalue weighted by atomic mass is 19.1. The van der Waals surface area contributed by atoms with Crippen molar-refractivity contribution in [2.24, 2.45) is 0 Å². The Labute approximate surface area is 125 Å². The summed E-state index contributed by atoms with van der Waals surface area (Å²) >= 11 is 0. The van der Waals surface area contributed by atoms with Crippen molar-refractivity contribution in [3.8, 4) is 11.3 Å². The third-order valence-corrected chi connectivity index (χ3v) is 3.04. The van der Waals surface area contributed by atoms with Crippen molar-refractivity contribution in [3.05, 3.63) is 70.5 Å². The number of nitrogens with zero attached hydrogens (tertiary/aromatic N) is 5. The molecule has 3 aromatic heterocycles. The molecule has 3 aromatic rings. The number of rotatable bonds is 3. The highest BCUT2D eigenvalue weighted by molar-refractivity contribution is 5.55. The molecule has 3 heterocycles. The van der Waals surface area contributed by atoms with Crippen LogP contribution in [0.3, 0.4) is 0 Å². The van der Waals surface area contributed by atoms with E-state index in [4.69, 9.17) is 0 Å². The molecule has 0 saturated heterocycles. The van der Waals surface area contributed by atoms with Crippen molar-refractivity contribution >= 4 is 0 Å². The molecule has 0 unspecified atom stereocenters. The zero-order valence-corrected chi connectivity index (χ0v) is 11.8. The molecule has 0 bridgehead atoms. The van der Waals surface area contributed by atoms with Gasteiger partial charge in [-0.25, -0.2) is 19.0 Å². The summed E-state index contributed by atoms with van der Waals surface area (Å²) in [6, 6.07) is 4.34. The summed E-state index contributed by atoms with van der Waals surface area (Å²) in [7, 11) is 0. The minimum Gasteiger partial charge on any atom is -0.268 e.